The van der Waals surface area contributed by atoms with Crippen LogP contribution in [0.1, 0.15) is 45.8 Å². The monoisotopic (exact) mass is 397 g/mol. The summed E-state index contributed by atoms with van der Waals surface area (Å²) in [7, 11) is 0. The second-order valence-electron chi connectivity index (χ2n) is 5.74. The molecular formula is C20H19N3O4S. The number of pyridine rings is 1. The molecule has 2 aromatic rings. The summed E-state index contributed by atoms with van der Waals surface area (Å²) in [6.45, 7) is 4.98. The van der Waals surface area contributed by atoms with E-state index in [2.05, 4.69) is 10.3 Å². The number of nitrogens with zero attached hydrogens (tertiary/aromatic N) is 2. The summed E-state index contributed by atoms with van der Waals surface area (Å²) in [5.41, 5.74) is 1.69. The molecular weight excluding hydrogens is 378 g/mol. The number of carbonyl (C=O) groups is 3. The molecule has 0 aliphatic heterocycles. The zero-order valence-electron chi connectivity index (χ0n) is 15.7. The van der Waals surface area contributed by atoms with E-state index in [0.717, 1.165) is 11.8 Å². The molecule has 0 fully saturated rings. The Bertz CT molecular complexity index is 966. The lowest BCUT2D eigenvalue weighted by Gasteiger charge is -2.10. The Balaban J connectivity index is 2.13. The number of anilines is 1. The number of ketones is 1. The zero-order valence-corrected chi connectivity index (χ0v) is 16.6. The molecule has 1 N–H and O–H groups in total. The number of ether oxygens (including phenoxy) is 1. The number of nitrogens with one attached hydrogen (secondary N) is 1. The summed E-state index contributed by atoms with van der Waals surface area (Å²) in [5.74, 6) is -1.04. The number of rotatable bonds is 7. The van der Waals surface area contributed by atoms with Crippen LogP contribution in [0.2, 0.25) is 0 Å². The Kier molecular flexibility index (Phi) is 7.29. The topological polar surface area (TPSA) is 109 Å². The number of hydrogen-bond acceptors (Lipinski definition) is 7. The molecule has 0 unspecified atom stereocenters. The van der Waals surface area contributed by atoms with Crippen molar-refractivity contribution in [3.63, 3.8) is 0 Å². The van der Waals surface area contributed by atoms with Crippen molar-refractivity contribution in [2.75, 3.05) is 17.7 Å². The average Bonchev–Trinajstić information content (AvgIpc) is 2.66. The number of esters is 1. The van der Waals surface area contributed by atoms with Crippen LogP contribution in [-0.4, -0.2) is 35.0 Å². The van der Waals surface area contributed by atoms with E-state index in [1.807, 2.05) is 6.07 Å². The highest BCUT2D eigenvalue weighted by Gasteiger charge is 2.17. The van der Waals surface area contributed by atoms with E-state index < -0.39 is 5.97 Å². The summed E-state index contributed by atoms with van der Waals surface area (Å²) in [4.78, 5) is 40.1. The highest BCUT2D eigenvalue weighted by atomic mass is 32.2. The van der Waals surface area contributed by atoms with Crippen LogP contribution in [0, 0.1) is 18.3 Å². The van der Waals surface area contributed by atoms with Crippen molar-refractivity contribution >= 4 is 35.1 Å². The quantitative estimate of drug-likeness (QED) is 0.433. The Morgan fingerprint density at radius 3 is 2.61 bits per heavy atom. The van der Waals surface area contributed by atoms with Crippen molar-refractivity contribution < 1.29 is 19.1 Å². The number of para-hydroxylation sites is 1. The minimum atomic E-state index is -0.542. The first-order chi connectivity index (χ1) is 13.4. The number of aryl methyl sites for hydroxylation is 1. The van der Waals surface area contributed by atoms with Crippen molar-refractivity contribution in [1.82, 2.24) is 4.98 Å². The molecule has 1 amide bonds. The third-order valence-corrected chi connectivity index (χ3v) is 4.71. The molecule has 0 aliphatic carbocycles. The standard InChI is InChI=1S/C20H19N3O4S/c1-4-27-20(26)16-9-14(10-21)19(22-12(16)2)28-11-18(25)23-17-8-6-5-7-15(17)13(3)24/h5-9H,4,11H2,1-3H3,(H,23,25). The molecule has 0 saturated heterocycles. The van der Waals surface area contributed by atoms with Crippen molar-refractivity contribution in [1.29, 1.82) is 5.26 Å². The molecule has 28 heavy (non-hydrogen) atoms. The van der Waals surface area contributed by atoms with Gasteiger partial charge in [-0.2, -0.15) is 5.26 Å². The molecule has 0 radical (unpaired) electrons. The fourth-order valence-corrected chi connectivity index (χ4v) is 3.21. The number of benzene rings is 1. The third kappa shape index (κ3) is 5.18. The minimum absolute atomic E-state index is 0.00783. The molecule has 1 aromatic carbocycles. The van der Waals surface area contributed by atoms with Crippen LogP contribution in [0.5, 0.6) is 0 Å². The van der Waals surface area contributed by atoms with Crippen LogP contribution in [0.4, 0.5) is 5.69 Å². The molecule has 1 heterocycles. The van der Waals surface area contributed by atoms with Gasteiger partial charge in [-0.25, -0.2) is 9.78 Å². The van der Waals surface area contributed by atoms with Gasteiger partial charge < -0.3 is 10.1 Å². The lowest BCUT2D eigenvalue weighted by molar-refractivity contribution is -0.113. The summed E-state index contributed by atoms with van der Waals surface area (Å²) in [6, 6.07) is 10.1. The number of hydrogen-bond donors (Lipinski definition) is 1. The normalized spacial score (nSPS) is 10.1. The summed E-state index contributed by atoms with van der Waals surface area (Å²) >= 11 is 1.08. The Hall–Kier alpha value is -3.18. The van der Waals surface area contributed by atoms with Crippen LogP contribution in [-0.2, 0) is 9.53 Å². The van der Waals surface area contributed by atoms with Crippen molar-refractivity contribution in [3.8, 4) is 6.07 Å². The van der Waals surface area contributed by atoms with E-state index in [9.17, 15) is 19.6 Å². The van der Waals surface area contributed by atoms with Gasteiger partial charge in [0.25, 0.3) is 0 Å². The molecule has 8 heteroatoms. The molecule has 7 nitrogen and oxygen atoms in total. The Morgan fingerprint density at radius 1 is 1.25 bits per heavy atom. The first-order valence-corrected chi connectivity index (χ1v) is 9.47. The van der Waals surface area contributed by atoms with Crippen LogP contribution >= 0.6 is 11.8 Å². The third-order valence-electron chi connectivity index (χ3n) is 3.71. The second-order valence-corrected chi connectivity index (χ2v) is 6.71. The Labute approximate surface area is 167 Å². The van der Waals surface area contributed by atoms with Gasteiger partial charge in [0.15, 0.2) is 5.78 Å². The zero-order chi connectivity index (χ0) is 20.7. The molecule has 144 valence electrons. The average molecular weight is 397 g/mol. The maximum Gasteiger partial charge on any atom is 0.340 e. The number of carbonyl (C=O) groups excluding carboxylic acids is 3. The maximum atomic E-state index is 12.3. The highest BCUT2D eigenvalue weighted by molar-refractivity contribution is 8.00. The Morgan fingerprint density at radius 2 is 1.96 bits per heavy atom. The fraction of sp³-hybridized carbons (Fsp3) is 0.250. The number of Topliss-reactive ketones (excluding diaryl/α,β-unsaturated/α-hetero) is 1. The predicted octanol–water partition coefficient (Wildman–Crippen LogP) is 3.37. The molecule has 2 rings (SSSR count). The van der Waals surface area contributed by atoms with Crippen LogP contribution in [0.25, 0.3) is 0 Å². The molecule has 0 atom stereocenters. The van der Waals surface area contributed by atoms with Gasteiger partial charge in [0.1, 0.15) is 11.1 Å². The summed E-state index contributed by atoms with van der Waals surface area (Å²) in [5, 5.41) is 12.4. The van der Waals surface area contributed by atoms with Gasteiger partial charge in [-0.3, -0.25) is 9.59 Å². The molecule has 0 spiro atoms. The summed E-state index contributed by atoms with van der Waals surface area (Å²) in [6.07, 6.45) is 0. The predicted molar refractivity (Wildman–Crippen MR) is 105 cm³/mol. The largest absolute Gasteiger partial charge is 0.462 e. The fourth-order valence-electron chi connectivity index (χ4n) is 2.41. The smallest absolute Gasteiger partial charge is 0.340 e. The van der Waals surface area contributed by atoms with Gasteiger partial charge >= 0.3 is 5.97 Å². The van der Waals surface area contributed by atoms with Gasteiger partial charge in [0.05, 0.1) is 34.9 Å². The van der Waals surface area contributed by atoms with E-state index in [4.69, 9.17) is 4.74 Å². The number of thioether (sulfide) groups is 1. The van der Waals surface area contributed by atoms with Gasteiger partial charge in [-0.05, 0) is 39.0 Å². The minimum Gasteiger partial charge on any atom is -0.462 e. The molecule has 0 saturated carbocycles. The number of amides is 1. The first kappa shape index (κ1) is 21.1. The van der Waals surface area contributed by atoms with Crippen LogP contribution in [0.15, 0.2) is 35.4 Å². The number of nitriles is 1. The van der Waals surface area contributed by atoms with Crippen molar-refractivity contribution in [2.24, 2.45) is 0 Å². The maximum absolute atomic E-state index is 12.3. The van der Waals surface area contributed by atoms with E-state index in [0.29, 0.717) is 22.0 Å². The van der Waals surface area contributed by atoms with E-state index in [1.165, 1.54) is 13.0 Å². The van der Waals surface area contributed by atoms with Crippen LogP contribution < -0.4 is 5.32 Å². The number of aromatic nitrogens is 1. The summed E-state index contributed by atoms with van der Waals surface area (Å²) < 4.78 is 4.96. The second kappa shape index (κ2) is 9.67. The van der Waals surface area contributed by atoms with Gasteiger partial charge in [-0.1, -0.05) is 23.9 Å². The molecule has 1 aromatic heterocycles. The lowest BCUT2D eigenvalue weighted by atomic mass is 10.1. The first-order valence-electron chi connectivity index (χ1n) is 8.48. The van der Waals surface area contributed by atoms with Crippen molar-refractivity contribution in [3.05, 3.63) is 52.7 Å². The van der Waals surface area contributed by atoms with Crippen molar-refractivity contribution in [2.45, 2.75) is 25.8 Å². The van der Waals surface area contributed by atoms with Crippen LogP contribution in [0.3, 0.4) is 0 Å². The van der Waals surface area contributed by atoms with E-state index >= 15 is 0 Å². The van der Waals surface area contributed by atoms with E-state index in [1.54, 1.807) is 38.1 Å². The van der Waals surface area contributed by atoms with Gasteiger partial charge in [0, 0.05) is 5.56 Å². The highest BCUT2D eigenvalue weighted by Crippen LogP contribution is 2.24. The SMILES string of the molecule is CCOC(=O)c1cc(C#N)c(SCC(=O)Nc2ccccc2C(C)=O)nc1C. The molecule has 0 aliphatic rings. The van der Waals surface area contributed by atoms with Gasteiger partial charge in [0.2, 0.25) is 5.91 Å². The van der Waals surface area contributed by atoms with Gasteiger partial charge in [-0.15, -0.1) is 0 Å². The van der Waals surface area contributed by atoms with E-state index in [-0.39, 0.29) is 35.2 Å². The lowest BCUT2D eigenvalue weighted by Crippen LogP contribution is -2.16. The molecule has 0 bridgehead atoms.